The molecule has 0 radical (unpaired) electrons. The summed E-state index contributed by atoms with van der Waals surface area (Å²) < 4.78 is 10.2. The minimum atomic E-state index is -1.23. The molecular formula is C10H9ClO4. The molecule has 1 N–H and O–H groups in total. The lowest BCUT2D eigenvalue weighted by molar-refractivity contribution is -0.197. The lowest BCUT2D eigenvalue weighted by Gasteiger charge is -2.37. The second-order valence-electron chi connectivity index (χ2n) is 3.35. The van der Waals surface area contributed by atoms with Gasteiger partial charge in [-0.25, -0.2) is 4.79 Å². The summed E-state index contributed by atoms with van der Waals surface area (Å²) in [5, 5.41) is 9.55. The van der Waals surface area contributed by atoms with Crippen molar-refractivity contribution in [3.05, 3.63) is 29.3 Å². The molecule has 0 aromatic heterocycles. The molecule has 0 atom stereocenters. The maximum atomic E-state index is 10.9. The Morgan fingerprint density at radius 1 is 1.40 bits per heavy atom. The van der Waals surface area contributed by atoms with E-state index >= 15 is 0 Å². The zero-order valence-electron chi connectivity index (χ0n) is 7.77. The van der Waals surface area contributed by atoms with Crippen molar-refractivity contribution < 1.29 is 19.4 Å². The van der Waals surface area contributed by atoms with Gasteiger partial charge >= 0.3 is 5.97 Å². The van der Waals surface area contributed by atoms with Crippen molar-refractivity contribution in [3.63, 3.8) is 0 Å². The largest absolute Gasteiger partial charge is 0.478 e. The molecule has 4 nitrogen and oxygen atoms in total. The smallest absolute Gasteiger partial charge is 0.353 e. The highest BCUT2D eigenvalue weighted by molar-refractivity contribution is 6.30. The van der Waals surface area contributed by atoms with Gasteiger partial charge in [-0.1, -0.05) is 11.6 Å². The van der Waals surface area contributed by atoms with E-state index < -0.39 is 11.6 Å². The topological polar surface area (TPSA) is 55.8 Å². The van der Waals surface area contributed by atoms with Crippen molar-refractivity contribution in [1.82, 2.24) is 0 Å². The SMILES string of the molecule is O=C(O)C1(Oc2ccc(Cl)cc2)COC1. The van der Waals surface area contributed by atoms with Crippen LogP contribution in [0.5, 0.6) is 5.75 Å². The number of carbonyl (C=O) groups is 1. The van der Waals surface area contributed by atoms with Crippen molar-refractivity contribution in [2.24, 2.45) is 0 Å². The molecule has 1 aromatic carbocycles. The predicted octanol–water partition coefficient (Wildman–Crippen LogP) is 1.57. The molecule has 1 heterocycles. The highest BCUT2D eigenvalue weighted by atomic mass is 35.5. The van der Waals surface area contributed by atoms with Crippen LogP contribution in [-0.4, -0.2) is 29.9 Å². The maximum absolute atomic E-state index is 10.9. The van der Waals surface area contributed by atoms with Gasteiger partial charge in [-0.3, -0.25) is 0 Å². The fraction of sp³-hybridized carbons (Fsp3) is 0.300. The van der Waals surface area contributed by atoms with Gasteiger partial charge in [0.2, 0.25) is 0 Å². The highest BCUT2D eigenvalue weighted by Crippen LogP contribution is 2.26. The van der Waals surface area contributed by atoms with Gasteiger partial charge in [0.15, 0.2) is 0 Å². The lowest BCUT2D eigenvalue weighted by Crippen LogP contribution is -2.60. The predicted molar refractivity (Wildman–Crippen MR) is 53.3 cm³/mol. The summed E-state index contributed by atoms with van der Waals surface area (Å²) in [6.07, 6.45) is 0. The van der Waals surface area contributed by atoms with Crippen LogP contribution in [0.3, 0.4) is 0 Å². The third-order valence-corrected chi connectivity index (χ3v) is 2.44. The molecule has 0 spiro atoms. The van der Waals surface area contributed by atoms with E-state index in [1.165, 1.54) is 0 Å². The summed E-state index contributed by atoms with van der Waals surface area (Å²) in [6, 6.07) is 6.55. The molecule has 1 aliphatic rings. The van der Waals surface area contributed by atoms with E-state index in [0.717, 1.165) is 0 Å². The molecule has 5 heteroatoms. The van der Waals surface area contributed by atoms with Crippen molar-refractivity contribution >= 4 is 17.6 Å². The number of hydrogen-bond donors (Lipinski definition) is 1. The minimum Gasteiger partial charge on any atom is -0.478 e. The first-order chi connectivity index (χ1) is 7.12. The van der Waals surface area contributed by atoms with E-state index in [4.69, 9.17) is 26.2 Å². The highest BCUT2D eigenvalue weighted by Gasteiger charge is 2.49. The molecule has 0 aliphatic carbocycles. The van der Waals surface area contributed by atoms with Crippen LogP contribution in [0.25, 0.3) is 0 Å². The van der Waals surface area contributed by atoms with Gasteiger partial charge in [0.05, 0.1) is 0 Å². The van der Waals surface area contributed by atoms with E-state index in [2.05, 4.69) is 0 Å². The van der Waals surface area contributed by atoms with Crippen LogP contribution in [0, 0.1) is 0 Å². The lowest BCUT2D eigenvalue weighted by atomic mass is 10.0. The molecule has 0 amide bonds. The minimum absolute atomic E-state index is 0.0744. The zero-order chi connectivity index (χ0) is 10.9. The number of rotatable bonds is 3. The molecule has 0 unspecified atom stereocenters. The van der Waals surface area contributed by atoms with Crippen molar-refractivity contribution in [2.45, 2.75) is 5.60 Å². The van der Waals surface area contributed by atoms with E-state index in [9.17, 15) is 4.79 Å². The Kier molecular flexibility index (Phi) is 2.54. The van der Waals surface area contributed by atoms with Crippen LogP contribution in [-0.2, 0) is 9.53 Å². The average Bonchev–Trinajstić information content (AvgIpc) is 2.13. The third-order valence-electron chi connectivity index (χ3n) is 2.19. The van der Waals surface area contributed by atoms with Crippen LogP contribution < -0.4 is 4.74 Å². The fourth-order valence-corrected chi connectivity index (χ4v) is 1.37. The fourth-order valence-electron chi connectivity index (χ4n) is 1.24. The summed E-state index contributed by atoms with van der Waals surface area (Å²) in [5.41, 5.74) is -1.23. The van der Waals surface area contributed by atoms with Crippen LogP contribution in [0.1, 0.15) is 0 Å². The average molecular weight is 229 g/mol. The Morgan fingerprint density at radius 2 is 2.00 bits per heavy atom. The van der Waals surface area contributed by atoms with E-state index in [-0.39, 0.29) is 13.2 Å². The van der Waals surface area contributed by atoms with Gasteiger partial charge in [-0.2, -0.15) is 0 Å². The molecule has 80 valence electrons. The number of hydrogen-bond acceptors (Lipinski definition) is 3. The van der Waals surface area contributed by atoms with Gasteiger partial charge in [-0.05, 0) is 24.3 Å². The summed E-state index contributed by atoms with van der Waals surface area (Å²) in [5.74, 6) is -0.534. The van der Waals surface area contributed by atoms with Crippen molar-refractivity contribution in [1.29, 1.82) is 0 Å². The van der Waals surface area contributed by atoms with Gasteiger partial charge in [0.1, 0.15) is 19.0 Å². The van der Waals surface area contributed by atoms with Crippen LogP contribution in [0.4, 0.5) is 0 Å². The Hall–Kier alpha value is -1.26. The molecule has 0 bridgehead atoms. The molecular weight excluding hydrogens is 220 g/mol. The Bertz CT molecular complexity index is 370. The van der Waals surface area contributed by atoms with Crippen LogP contribution in [0.2, 0.25) is 5.02 Å². The quantitative estimate of drug-likeness (QED) is 0.853. The molecule has 1 saturated heterocycles. The molecule has 1 fully saturated rings. The van der Waals surface area contributed by atoms with E-state index in [0.29, 0.717) is 10.8 Å². The van der Waals surface area contributed by atoms with Crippen molar-refractivity contribution in [2.75, 3.05) is 13.2 Å². The Balaban J connectivity index is 2.13. The second-order valence-corrected chi connectivity index (χ2v) is 3.78. The Morgan fingerprint density at radius 3 is 2.40 bits per heavy atom. The first-order valence-electron chi connectivity index (χ1n) is 4.38. The number of carboxylic acid groups (broad SMARTS) is 1. The molecule has 1 aromatic rings. The van der Waals surface area contributed by atoms with Gasteiger partial charge in [0.25, 0.3) is 5.60 Å². The maximum Gasteiger partial charge on any atom is 0.353 e. The number of ether oxygens (including phenoxy) is 2. The van der Waals surface area contributed by atoms with E-state index in [1.807, 2.05) is 0 Å². The number of halogens is 1. The number of aliphatic carboxylic acids is 1. The van der Waals surface area contributed by atoms with Crippen molar-refractivity contribution in [3.8, 4) is 5.75 Å². The first-order valence-corrected chi connectivity index (χ1v) is 4.76. The molecule has 0 saturated carbocycles. The normalized spacial score (nSPS) is 17.9. The monoisotopic (exact) mass is 228 g/mol. The van der Waals surface area contributed by atoms with Crippen LogP contribution in [0.15, 0.2) is 24.3 Å². The first kappa shape index (κ1) is 10.3. The molecule has 15 heavy (non-hydrogen) atoms. The molecule has 1 aliphatic heterocycles. The third kappa shape index (κ3) is 1.91. The number of carboxylic acids is 1. The van der Waals surface area contributed by atoms with E-state index in [1.54, 1.807) is 24.3 Å². The van der Waals surface area contributed by atoms with Gasteiger partial charge in [-0.15, -0.1) is 0 Å². The zero-order valence-corrected chi connectivity index (χ0v) is 8.53. The second kappa shape index (κ2) is 3.72. The standard InChI is InChI=1S/C10H9ClO4/c11-7-1-3-8(4-2-7)15-10(9(12)13)5-14-6-10/h1-4H,5-6H2,(H,12,13). The number of benzene rings is 1. The summed E-state index contributed by atoms with van der Waals surface area (Å²) >= 11 is 5.70. The summed E-state index contributed by atoms with van der Waals surface area (Å²) in [7, 11) is 0. The van der Waals surface area contributed by atoms with Crippen LogP contribution >= 0.6 is 11.6 Å². The summed E-state index contributed by atoms with van der Waals surface area (Å²) in [6.45, 7) is 0.149. The van der Waals surface area contributed by atoms with Gasteiger partial charge in [0, 0.05) is 5.02 Å². The Labute approximate surface area is 91.4 Å². The molecule has 2 rings (SSSR count). The van der Waals surface area contributed by atoms with Gasteiger partial charge < -0.3 is 14.6 Å². The summed E-state index contributed by atoms with van der Waals surface area (Å²) in [4.78, 5) is 10.9.